The number of hydrazone groups is 1. The topological polar surface area (TPSA) is 76.7 Å². The minimum absolute atomic E-state index is 0.266. The number of nitrogens with zero attached hydrogens (tertiary/aromatic N) is 1. The fraction of sp³-hybridized carbons (Fsp3) is 0.176. The van der Waals surface area contributed by atoms with E-state index in [1.807, 2.05) is 26.0 Å². The number of benzene rings is 2. The van der Waals surface area contributed by atoms with Crippen LogP contribution >= 0.6 is 0 Å². The Bertz CT molecular complexity index is 661. The monoisotopic (exact) mass is 297 g/mol. The number of anilines is 1. The molecule has 0 aliphatic rings. The van der Waals surface area contributed by atoms with Gasteiger partial charge in [-0.1, -0.05) is 12.1 Å². The molecule has 5 nitrogen and oxygen atoms in total. The molecule has 0 aliphatic heterocycles. The number of nitrogens with two attached hydrogens (primary N) is 1. The molecule has 5 heteroatoms. The summed E-state index contributed by atoms with van der Waals surface area (Å²) in [5.41, 5.74) is 11.0. The van der Waals surface area contributed by atoms with Crippen LogP contribution in [0, 0.1) is 0 Å². The lowest BCUT2D eigenvalue weighted by Crippen LogP contribution is -2.19. The fourth-order valence-corrected chi connectivity index (χ4v) is 1.86. The van der Waals surface area contributed by atoms with Gasteiger partial charge in [-0.05, 0) is 55.8 Å². The zero-order valence-corrected chi connectivity index (χ0v) is 12.7. The van der Waals surface area contributed by atoms with Crippen LogP contribution in [0.5, 0.6) is 5.75 Å². The molecule has 0 bridgehead atoms. The second-order valence-electron chi connectivity index (χ2n) is 4.72. The number of hydrogen-bond acceptors (Lipinski definition) is 4. The van der Waals surface area contributed by atoms with Crippen LogP contribution in [0.25, 0.3) is 0 Å². The zero-order chi connectivity index (χ0) is 15.9. The first-order chi connectivity index (χ1) is 10.6. The molecule has 0 saturated carbocycles. The molecule has 2 rings (SSSR count). The van der Waals surface area contributed by atoms with Gasteiger partial charge in [-0.3, -0.25) is 4.79 Å². The summed E-state index contributed by atoms with van der Waals surface area (Å²) >= 11 is 0. The summed E-state index contributed by atoms with van der Waals surface area (Å²) in [6.45, 7) is 4.33. The standard InChI is InChI=1S/C17H19N3O2/c1-3-22-16-10-6-14(7-11-16)17(21)20-19-12(2)13-4-8-15(18)9-5-13/h4-11H,3,18H2,1-2H3,(H,20,21)/b19-12-. The molecule has 3 N–H and O–H groups in total. The smallest absolute Gasteiger partial charge is 0.271 e. The summed E-state index contributed by atoms with van der Waals surface area (Å²) in [6.07, 6.45) is 0. The lowest BCUT2D eigenvalue weighted by Gasteiger charge is -2.05. The first-order valence-electron chi connectivity index (χ1n) is 7.03. The quantitative estimate of drug-likeness (QED) is 0.506. The van der Waals surface area contributed by atoms with Crippen molar-refractivity contribution in [1.82, 2.24) is 5.43 Å². The third-order valence-corrected chi connectivity index (χ3v) is 3.08. The van der Waals surface area contributed by atoms with E-state index >= 15 is 0 Å². The van der Waals surface area contributed by atoms with E-state index in [0.29, 0.717) is 23.6 Å². The Hall–Kier alpha value is -2.82. The first-order valence-corrected chi connectivity index (χ1v) is 7.03. The van der Waals surface area contributed by atoms with E-state index in [2.05, 4.69) is 10.5 Å². The number of ether oxygens (including phenoxy) is 1. The van der Waals surface area contributed by atoms with Gasteiger partial charge >= 0.3 is 0 Å². The molecule has 0 aromatic heterocycles. The van der Waals surface area contributed by atoms with E-state index in [1.54, 1.807) is 36.4 Å². The fourth-order valence-electron chi connectivity index (χ4n) is 1.86. The summed E-state index contributed by atoms with van der Waals surface area (Å²) in [4.78, 5) is 12.0. The van der Waals surface area contributed by atoms with Crippen LogP contribution < -0.4 is 15.9 Å². The number of nitrogens with one attached hydrogen (secondary N) is 1. The maximum Gasteiger partial charge on any atom is 0.271 e. The highest BCUT2D eigenvalue weighted by molar-refractivity contribution is 6.01. The lowest BCUT2D eigenvalue weighted by atomic mass is 10.1. The zero-order valence-electron chi connectivity index (χ0n) is 12.7. The summed E-state index contributed by atoms with van der Waals surface area (Å²) in [5.74, 6) is 0.471. The Labute approximate surface area is 129 Å². The Kier molecular flexibility index (Phi) is 5.14. The van der Waals surface area contributed by atoms with Crippen molar-refractivity contribution in [3.05, 3.63) is 59.7 Å². The van der Waals surface area contributed by atoms with E-state index in [1.165, 1.54) is 0 Å². The molecule has 0 fully saturated rings. The Morgan fingerprint density at radius 2 is 1.68 bits per heavy atom. The van der Waals surface area contributed by atoms with Gasteiger partial charge in [-0.15, -0.1) is 0 Å². The highest BCUT2D eigenvalue weighted by atomic mass is 16.5. The van der Waals surface area contributed by atoms with Crippen molar-refractivity contribution in [3.63, 3.8) is 0 Å². The van der Waals surface area contributed by atoms with E-state index in [9.17, 15) is 4.79 Å². The molecule has 0 radical (unpaired) electrons. The van der Waals surface area contributed by atoms with Gasteiger partial charge in [0.1, 0.15) is 5.75 Å². The number of hydrogen-bond donors (Lipinski definition) is 2. The summed E-state index contributed by atoms with van der Waals surface area (Å²) in [6, 6.07) is 14.2. The van der Waals surface area contributed by atoms with Crippen LogP contribution in [0.15, 0.2) is 53.6 Å². The van der Waals surface area contributed by atoms with Gasteiger partial charge in [0.15, 0.2) is 0 Å². The van der Waals surface area contributed by atoms with Crippen LogP contribution in [0.1, 0.15) is 29.8 Å². The number of carbonyl (C=O) groups excluding carboxylic acids is 1. The number of rotatable bonds is 5. The van der Waals surface area contributed by atoms with Gasteiger partial charge < -0.3 is 10.5 Å². The van der Waals surface area contributed by atoms with Gasteiger partial charge in [-0.25, -0.2) is 5.43 Å². The van der Waals surface area contributed by atoms with Crippen LogP contribution in [0.2, 0.25) is 0 Å². The van der Waals surface area contributed by atoms with E-state index in [-0.39, 0.29) is 5.91 Å². The Morgan fingerprint density at radius 1 is 1.09 bits per heavy atom. The van der Waals surface area contributed by atoms with Crippen molar-refractivity contribution >= 4 is 17.3 Å². The molecular formula is C17H19N3O2. The molecule has 0 heterocycles. The van der Waals surface area contributed by atoms with Gasteiger partial charge in [0.2, 0.25) is 0 Å². The minimum Gasteiger partial charge on any atom is -0.494 e. The highest BCUT2D eigenvalue weighted by Crippen LogP contribution is 2.12. The molecule has 22 heavy (non-hydrogen) atoms. The number of amides is 1. The molecule has 0 aliphatic carbocycles. The van der Waals surface area contributed by atoms with E-state index < -0.39 is 0 Å². The largest absolute Gasteiger partial charge is 0.494 e. The molecule has 0 saturated heterocycles. The van der Waals surface area contributed by atoms with Crippen LogP contribution in [0.3, 0.4) is 0 Å². The van der Waals surface area contributed by atoms with Crippen molar-refractivity contribution in [2.75, 3.05) is 12.3 Å². The maximum atomic E-state index is 12.0. The van der Waals surface area contributed by atoms with Crippen molar-refractivity contribution in [1.29, 1.82) is 0 Å². The molecule has 2 aromatic rings. The number of nitrogen functional groups attached to an aromatic ring is 1. The van der Waals surface area contributed by atoms with Crippen molar-refractivity contribution in [2.45, 2.75) is 13.8 Å². The molecular weight excluding hydrogens is 278 g/mol. The van der Waals surface area contributed by atoms with Crippen molar-refractivity contribution in [2.24, 2.45) is 5.10 Å². The van der Waals surface area contributed by atoms with Crippen LogP contribution in [-0.4, -0.2) is 18.2 Å². The average molecular weight is 297 g/mol. The summed E-state index contributed by atoms with van der Waals surface area (Å²) in [5, 5.41) is 4.10. The molecule has 2 aromatic carbocycles. The highest BCUT2D eigenvalue weighted by Gasteiger charge is 2.05. The Balaban J connectivity index is 2.01. The van der Waals surface area contributed by atoms with Gasteiger partial charge in [-0.2, -0.15) is 5.10 Å². The summed E-state index contributed by atoms with van der Waals surface area (Å²) < 4.78 is 5.34. The van der Waals surface area contributed by atoms with Crippen LogP contribution in [0.4, 0.5) is 5.69 Å². The SMILES string of the molecule is CCOc1ccc(C(=O)N/N=C(/C)c2ccc(N)cc2)cc1. The second kappa shape index (κ2) is 7.26. The Morgan fingerprint density at radius 3 is 2.27 bits per heavy atom. The first kappa shape index (κ1) is 15.6. The predicted molar refractivity (Wildman–Crippen MR) is 88.1 cm³/mol. The van der Waals surface area contributed by atoms with E-state index in [0.717, 1.165) is 11.3 Å². The third kappa shape index (κ3) is 4.09. The van der Waals surface area contributed by atoms with Crippen molar-refractivity contribution < 1.29 is 9.53 Å². The van der Waals surface area contributed by atoms with Gasteiger partial charge in [0, 0.05) is 11.3 Å². The number of carbonyl (C=O) groups is 1. The third-order valence-electron chi connectivity index (χ3n) is 3.08. The normalized spacial score (nSPS) is 11.1. The molecule has 0 atom stereocenters. The van der Waals surface area contributed by atoms with Gasteiger partial charge in [0.25, 0.3) is 5.91 Å². The maximum absolute atomic E-state index is 12.0. The van der Waals surface area contributed by atoms with Crippen molar-refractivity contribution in [3.8, 4) is 5.75 Å². The minimum atomic E-state index is -0.266. The predicted octanol–water partition coefficient (Wildman–Crippen LogP) is 2.82. The molecule has 1 amide bonds. The van der Waals surface area contributed by atoms with Gasteiger partial charge in [0.05, 0.1) is 12.3 Å². The molecule has 114 valence electrons. The lowest BCUT2D eigenvalue weighted by molar-refractivity contribution is 0.0955. The van der Waals surface area contributed by atoms with E-state index in [4.69, 9.17) is 10.5 Å². The molecule has 0 unspecified atom stereocenters. The second-order valence-corrected chi connectivity index (χ2v) is 4.72. The summed E-state index contributed by atoms with van der Waals surface area (Å²) in [7, 11) is 0. The molecule has 0 spiro atoms. The van der Waals surface area contributed by atoms with Crippen LogP contribution in [-0.2, 0) is 0 Å². The average Bonchev–Trinajstić information content (AvgIpc) is 2.54.